The first kappa shape index (κ1) is 18.4. The van der Waals surface area contributed by atoms with Crippen LogP contribution in [0.5, 0.6) is 0 Å². The molecule has 112 valence electrons. The number of piperidine rings is 1. The van der Waals surface area contributed by atoms with Crippen molar-refractivity contribution in [3.8, 4) is 6.57 Å². The molecule has 1 unspecified atom stereocenters. The molecule has 1 fully saturated rings. The van der Waals surface area contributed by atoms with Gasteiger partial charge in [0, 0.05) is 12.6 Å². The molecule has 0 amide bonds. The Balaban J connectivity index is 0.00000154. The lowest BCUT2D eigenvalue weighted by molar-refractivity contribution is 0.157. The quantitative estimate of drug-likeness (QED) is 0.540. The van der Waals surface area contributed by atoms with Crippen molar-refractivity contribution in [2.75, 3.05) is 13.1 Å². The molecule has 1 rings (SSSR count). The Morgan fingerprint density at radius 3 is 2.11 bits per heavy atom. The van der Waals surface area contributed by atoms with Gasteiger partial charge in [0.1, 0.15) is 0 Å². The average molecular weight is 266 g/mol. The first-order valence-electron chi connectivity index (χ1n) is 8.34. The number of rotatable bonds is 9. The monoisotopic (exact) mass is 266 g/mol. The topological polar surface area (TPSA) is 27.0 Å². The third kappa shape index (κ3) is 9.96. The maximum absolute atomic E-state index is 6.50. The molecule has 1 heterocycles. The van der Waals surface area contributed by atoms with Crippen LogP contribution in [0, 0.1) is 11.8 Å². The molecule has 0 aliphatic carbocycles. The van der Waals surface area contributed by atoms with Gasteiger partial charge in [-0.05, 0) is 39.3 Å². The first-order valence-corrected chi connectivity index (χ1v) is 8.34. The van der Waals surface area contributed by atoms with Crippen LogP contribution in [-0.4, -0.2) is 24.0 Å². The van der Waals surface area contributed by atoms with Crippen molar-refractivity contribution in [2.24, 2.45) is 0 Å². The van der Waals surface area contributed by atoms with Crippen molar-refractivity contribution in [2.45, 2.75) is 90.5 Å². The summed E-state index contributed by atoms with van der Waals surface area (Å²) in [7, 11) is 0. The second-order valence-corrected chi connectivity index (χ2v) is 5.86. The van der Waals surface area contributed by atoms with Crippen LogP contribution in [0.3, 0.4) is 0 Å². The van der Waals surface area contributed by atoms with Gasteiger partial charge >= 0.3 is 0 Å². The zero-order chi connectivity index (χ0) is 14.3. The smallest absolute Gasteiger partial charge is 0.0462 e. The van der Waals surface area contributed by atoms with Gasteiger partial charge in [-0.2, -0.15) is 0 Å². The minimum absolute atomic E-state index is 0.855. The molecule has 0 bridgehead atoms. The minimum Gasteiger partial charge on any atom is -0.301 e. The standard InChI is InChI=1S/C16H33N.CHN/c1-3-4-5-6-7-8-9-11-14-17-15-12-10-13-16(17)2;1-2/h16H,3-15H2,1-2H3;1H. The SMILES string of the molecule is C#N.CCCCCCCCCCN1CCCCC1C. The van der Waals surface area contributed by atoms with Crippen molar-refractivity contribution < 1.29 is 0 Å². The van der Waals surface area contributed by atoms with Gasteiger partial charge in [-0.3, -0.25) is 0 Å². The molecule has 1 aliphatic heterocycles. The Hall–Kier alpha value is -0.550. The molecule has 1 atom stereocenters. The summed E-state index contributed by atoms with van der Waals surface area (Å²) in [6.45, 7) is 10.9. The van der Waals surface area contributed by atoms with Gasteiger partial charge in [0.2, 0.25) is 0 Å². The predicted molar refractivity (Wildman–Crippen MR) is 84.2 cm³/mol. The summed E-state index contributed by atoms with van der Waals surface area (Å²) in [5, 5.41) is 6.50. The number of hydrogen-bond acceptors (Lipinski definition) is 2. The highest BCUT2D eigenvalue weighted by Gasteiger charge is 2.16. The Kier molecular flexibility index (Phi) is 13.5. The molecule has 19 heavy (non-hydrogen) atoms. The lowest BCUT2D eigenvalue weighted by Gasteiger charge is -2.33. The van der Waals surface area contributed by atoms with Gasteiger partial charge in [0.05, 0.1) is 0 Å². The van der Waals surface area contributed by atoms with Gasteiger partial charge in [-0.15, -0.1) is 0 Å². The van der Waals surface area contributed by atoms with Gasteiger partial charge in [0.25, 0.3) is 0 Å². The van der Waals surface area contributed by atoms with Crippen LogP contribution >= 0.6 is 0 Å². The molecule has 0 radical (unpaired) electrons. The molecule has 2 nitrogen and oxygen atoms in total. The summed E-state index contributed by atoms with van der Waals surface area (Å²) < 4.78 is 0. The fourth-order valence-electron chi connectivity index (χ4n) is 2.94. The zero-order valence-corrected chi connectivity index (χ0v) is 13.2. The van der Waals surface area contributed by atoms with E-state index in [2.05, 4.69) is 25.3 Å². The largest absolute Gasteiger partial charge is 0.301 e. The number of nitrogens with zero attached hydrogens (tertiary/aromatic N) is 2. The lowest BCUT2D eigenvalue weighted by atomic mass is 10.0. The van der Waals surface area contributed by atoms with Crippen LogP contribution in [0.25, 0.3) is 0 Å². The van der Waals surface area contributed by atoms with E-state index in [1.54, 1.807) is 0 Å². The predicted octanol–water partition coefficient (Wildman–Crippen LogP) is 5.14. The molecule has 1 aliphatic rings. The van der Waals surface area contributed by atoms with Gasteiger partial charge in [-0.25, -0.2) is 5.26 Å². The highest BCUT2D eigenvalue weighted by atomic mass is 15.1. The first-order chi connectivity index (χ1) is 9.34. The van der Waals surface area contributed by atoms with E-state index in [0.29, 0.717) is 0 Å². The number of nitriles is 1. The lowest BCUT2D eigenvalue weighted by Crippen LogP contribution is -2.37. The normalized spacial score (nSPS) is 19.7. The van der Waals surface area contributed by atoms with E-state index in [-0.39, 0.29) is 0 Å². The molecule has 2 heteroatoms. The summed E-state index contributed by atoms with van der Waals surface area (Å²) in [5.74, 6) is 0. The van der Waals surface area contributed by atoms with Crippen LogP contribution in [0.1, 0.15) is 84.5 Å². The van der Waals surface area contributed by atoms with Crippen LogP contribution in [0.2, 0.25) is 0 Å². The van der Waals surface area contributed by atoms with Crippen LogP contribution in [-0.2, 0) is 0 Å². The second kappa shape index (κ2) is 13.9. The molecule has 0 N–H and O–H groups in total. The van der Waals surface area contributed by atoms with Gasteiger partial charge in [-0.1, -0.05) is 58.3 Å². The van der Waals surface area contributed by atoms with Crippen molar-refractivity contribution in [1.29, 1.82) is 5.26 Å². The Bertz CT molecular complexity index is 201. The summed E-state index contributed by atoms with van der Waals surface area (Å²) in [6, 6.07) is 0.855. The fraction of sp³-hybridized carbons (Fsp3) is 0.941. The molecule has 0 spiro atoms. The molecule has 0 aromatic heterocycles. The van der Waals surface area contributed by atoms with Crippen LogP contribution in [0.15, 0.2) is 0 Å². The van der Waals surface area contributed by atoms with E-state index < -0.39 is 0 Å². The molecule has 0 aromatic carbocycles. The highest BCUT2D eigenvalue weighted by molar-refractivity contribution is 4.72. The van der Waals surface area contributed by atoms with Gasteiger partial charge < -0.3 is 4.90 Å². The number of hydrogen-bond donors (Lipinski definition) is 0. The van der Waals surface area contributed by atoms with E-state index in [1.807, 2.05) is 0 Å². The van der Waals surface area contributed by atoms with Crippen molar-refractivity contribution >= 4 is 0 Å². The maximum Gasteiger partial charge on any atom is 0.0462 e. The average Bonchev–Trinajstić information content (AvgIpc) is 2.46. The maximum atomic E-state index is 6.50. The molecule has 0 aromatic rings. The van der Waals surface area contributed by atoms with Crippen molar-refractivity contribution in [3.05, 3.63) is 0 Å². The molecule has 0 saturated carbocycles. The fourth-order valence-corrected chi connectivity index (χ4v) is 2.94. The summed E-state index contributed by atoms with van der Waals surface area (Å²) in [6.07, 6.45) is 15.9. The van der Waals surface area contributed by atoms with Crippen molar-refractivity contribution in [3.63, 3.8) is 0 Å². The van der Waals surface area contributed by atoms with Crippen LogP contribution in [0.4, 0.5) is 0 Å². The van der Waals surface area contributed by atoms with Gasteiger partial charge in [0.15, 0.2) is 0 Å². The summed E-state index contributed by atoms with van der Waals surface area (Å²) in [5.41, 5.74) is 0. The van der Waals surface area contributed by atoms with Crippen molar-refractivity contribution in [1.82, 2.24) is 4.90 Å². The molecular formula is C17H34N2. The number of unbranched alkanes of at least 4 members (excludes halogenated alkanes) is 7. The summed E-state index contributed by atoms with van der Waals surface area (Å²) in [4.78, 5) is 2.71. The molecular weight excluding hydrogens is 232 g/mol. The summed E-state index contributed by atoms with van der Waals surface area (Å²) >= 11 is 0. The minimum atomic E-state index is 0.855. The van der Waals surface area contributed by atoms with E-state index >= 15 is 0 Å². The number of likely N-dealkylation sites (tertiary alicyclic amines) is 1. The van der Waals surface area contributed by atoms with E-state index in [1.165, 1.54) is 83.7 Å². The third-order valence-electron chi connectivity index (χ3n) is 4.24. The van der Waals surface area contributed by atoms with E-state index in [9.17, 15) is 0 Å². The Morgan fingerprint density at radius 2 is 1.53 bits per heavy atom. The van der Waals surface area contributed by atoms with Crippen LogP contribution < -0.4 is 0 Å². The zero-order valence-electron chi connectivity index (χ0n) is 13.2. The Morgan fingerprint density at radius 1 is 0.947 bits per heavy atom. The molecule has 1 saturated heterocycles. The Labute approximate surface area is 121 Å². The van der Waals surface area contributed by atoms with E-state index in [0.717, 1.165) is 6.04 Å². The third-order valence-corrected chi connectivity index (χ3v) is 4.24. The van der Waals surface area contributed by atoms with E-state index in [4.69, 9.17) is 5.26 Å². The second-order valence-electron chi connectivity index (χ2n) is 5.86. The highest BCUT2D eigenvalue weighted by Crippen LogP contribution is 2.17.